The summed E-state index contributed by atoms with van der Waals surface area (Å²) in [6.45, 7) is 0.534. The van der Waals surface area contributed by atoms with E-state index in [2.05, 4.69) is 38.4 Å². The van der Waals surface area contributed by atoms with Gasteiger partial charge in [-0.25, -0.2) is 4.98 Å². The number of imidazole rings is 1. The van der Waals surface area contributed by atoms with E-state index in [1.54, 1.807) is 11.8 Å². The third-order valence-corrected chi connectivity index (χ3v) is 4.67. The number of aromatic nitrogens is 2. The summed E-state index contributed by atoms with van der Waals surface area (Å²) in [5, 5.41) is 2.94. The molecule has 0 unspecified atom stereocenters. The van der Waals surface area contributed by atoms with Gasteiger partial charge in [0.15, 0.2) is 0 Å². The molecular weight excluding hydrogens is 374 g/mol. The zero-order valence-corrected chi connectivity index (χ0v) is 15.0. The van der Waals surface area contributed by atoms with Gasteiger partial charge in [0.2, 0.25) is 5.91 Å². The van der Waals surface area contributed by atoms with Crippen molar-refractivity contribution in [2.24, 2.45) is 0 Å². The lowest BCUT2D eigenvalue weighted by atomic mass is 10.2. The third-order valence-electron chi connectivity index (χ3n) is 3.46. The summed E-state index contributed by atoms with van der Waals surface area (Å²) in [5.41, 5.74) is 2.69. The summed E-state index contributed by atoms with van der Waals surface area (Å²) in [5.74, 6) is -0.0265. The number of fused-ring (bicyclic) bond motifs is 1. The van der Waals surface area contributed by atoms with E-state index in [1.165, 1.54) is 4.90 Å². The van der Waals surface area contributed by atoms with E-state index in [0.717, 1.165) is 21.4 Å². The number of pyridine rings is 1. The van der Waals surface area contributed by atoms with Crippen LogP contribution in [0.15, 0.2) is 58.2 Å². The molecule has 23 heavy (non-hydrogen) atoms. The zero-order chi connectivity index (χ0) is 16.2. The minimum atomic E-state index is -0.0265. The fourth-order valence-corrected chi connectivity index (χ4v) is 3.03. The number of hydrogen-bond donors (Lipinski definition) is 1. The van der Waals surface area contributed by atoms with Crippen molar-refractivity contribution in [2.45, 2.75) is 17.9 Å². The molecule has 2 heterocycles. The van der Waals surface area contributed by atoms with Gasteiger partial charge in [-0.05, 0) is 52.0 Å². The van der Waals surface area contributed by atoms with Crippen molar-refractivity contribution in [3.05, 3.63) is 64.5 Å². The Hall–Kier alpha value is -1.79. The molecule has 0 radical (unpaired) electrons. The summed E-state index contributed by atoms with van der Waals surface area (Å²) in [4.78, 5) is 17.7. The van der Waals surface area contributed by atoms with Crippen LogP contribution >= 0.6 is 27.7 Å². The van der Waals surface area contributed by atoms with E-state index in [4.69, 9.17) is 0 Å². The number of thioether (sulfide) groups is 1. The lowest BCUT2D eigenvalue weighted by Gasteiger charge is -2.05. The van der Waals surface area contributed by atoms with E-state index in [1.807, 2.05) is 47.3 Å². The highest BCUT2D eigenvalue weighted by Crippen LogP contribution is 2.15. The summed E-state index contributed by atoms with van der Waals surface area (Å²) >= 11 is 5.13. The molecule has 0 fully saturated rings. The molecule has 1 aromatic carbocycles. The smallest absolute Gasteiger partial charge is 0.226 e. The van der Waals surface area contributed by atoms with Crippen LogP contribution in [-0.2, 0) is 17.8 Å². The third kappa shape index (κ3) is 4.14. The Labute approximate surface area is 147 Å². The van der Waals surface area contributed by atoms with Gasteiger partial charge in [-0.2, -0.15) is 0 Å². The molecule has 3 rings (SSSR count). The van der Waals surface area contributed by atoms with Crippen molar-refractivity contribution in [2.75, 3.05) is 6.26 Å². The first-order valence-electron chi connectivity index (χ1n) is 7.17. The number of rotatable bonds is 5. The number of benzene rings is 1. The topological polar surface area (TPSA) is 46.4 Å². The van der Waals surface area contributed by atoms with E-state index in [9.17, 15) is 4.79 Å². The molecule has 3 aromatic rings. The van der Waals surface area contributed by atoms with Crippen LogP contribution in [0.5, 0.6) is 0 Å². The summed E-state index contributed by atoms with van der Waals surface area (Å²) in [6.07, 6.45) is 6.14. The van der Waals surface area contributed by atoms with Gasteiger partial charge in [0.1, 0.15) is 5.65 Å². The maximum atomic E-state index is 12.1. The number of carbonyl (C=O) groups is 1. The van der Waals surface area contributed by atoms with Crippen molar-refractivity contribution in [3.63, 3.8) is 0 Å². The van der Waals surface area contributed by atoms with Gasteiger partial charge in [0.25, 0.3) is 0 Å². The van der Waals surface area contributed by atoms with Crippen LogP contribution in [0.2, 0.25) is 0 Å². The fourth-order valence-electron chi connectivity index (χ4n) is 2.27. The van der Waals surface area contributed by atoms with Crippen LogP contribution in [0, 0.1) is 0 Å². The number of halogens is 1. The zero-order valence-electron chi connectivity index (χ0n) is 12.6. The lowest BCUT2D eigenvalue weighted by molar-refractivity contribution is -0.120. The minimum Gasteiger partial charge on any atom is -0.352 e. The number of hydrogen-bond acceptors (Lipinski definition) is 3. The molecule has 0 aliphatic rings. The van der Waals surface area contributed by atoms with Crippen molar-refractivity contribution in [3.8, 4) is 0 Å². The molecular formula is C17H16BrN3OS. The van der Waals surface area contributed by atoms with Crippen molar-refractivity contribution in [1.29, 1.82) is 0 Å². The minimum absolute atomic E-state index is 0.0265. The van der Waals surface area contributed by atoms with Crippen LogP contribution in [0.1, 0.15) is 11.3 Å². The van der Waals surface area contributed by atoms with Gasteiger partial charge in [-0.1, -0.05) is 12.1 Å². The van der Waals surface area contributed by atoms with E-state index < -0.39 is 0 Å². The highest BCUT2D eigenvalue weighted by Gasteiger charge is 2.08. The first kappa shape index (κ1) is 16.1. The number of nitrogens with one attached hydrogen (secondary N) is 1. The highest BCUT2D eigenvalue weighted by atomic mass is 79.9. The summed E-state index contributed by atoms with van der Waals surface area (Å²) in [7, 11) is 0. The largest absolute Gasteiger partial charge is 0.352 e. The van der Waals surface area contributed by atoms with Gasteiger partial charge in [-0.3, -0.25) is 4.79 Å². The molecule has 1 amide bonds. The van der Waals surface area contributed by atoms with Crippen molar-refractivity contribution >= 4 is 39.2 Å². The van der Waals surface area contributed by atoms with E-state index in [-0.39, 0.29) is 12.3 Å². The number of carbonyl (C=O) groups excluding carboxylic acids is 1. The Kier molecular flexibility index (Phi) is 5.03. The molecule has 118 valence electrons. The van der Waals surface area contributed by atoms with E-state index >= 15 is 0 Å². The molecule has 4 nitrogen and oxygen atoms in total. The first-order chi connectivity index (χ1) is 11.1. The molecule has 0 aliphatic carbocycles. The summed E-state index contributed by atoms with van der Waals surface area (Å²) in [6, 6.07) is 12.0. The predicted molar refractivity (Wildman–Crippen MR) is 96.7 cm³/mol. The quantitative estimate of drug-likeness (QED) is 0.677. The van der Waals surface area contributed by atoms with Gasteiger partial charge in [-0.15, -0.1) is 11.8 Å². The van der Waals surface area contributed by atoms with E-state index in [0.29, 0.717) is 6.54 Å². The molecule has 2 aromatic heterocycles. The molecule has 0 spiro atoms. The first-order valence-corrected chi connectivity index (χ1v) is 9.18. The Morgan fingerprint density at radius 3 is 2.74 bits per heavy atom. The number of nitrogens with zero attached hydrogens (tertiary/aromatic N) is 2. The molecule has 0 bridgehead atoms. The maximum Gasteiger partial charge on any atom is 0.226 e. The molecule has 0 atom stereocenters. The Balaban J connectivity index is 1.59. The van der Waals surface area contributed by atoms with Crippen LogP contribution in [0.4, 0.5) is 0 Å². The number of amides is 1. The Morgan fingerprint density at radius 2 is 2.00 bits per heavy atom. The second-order valence-electron chi connectivity index (χ2n) is 5.15. The van der Waals surface area contributed by atoms with Crippen LogP contribution in [0.25, 0.3) is 5.65 Å². The maximum absolute atomic E-state index is 12.1. The summed E-state index contributed by atoms with van der Waals surface area (Å²) < 4.78 is 2.89. The average Bonchev–Trinajstić information content (AvgIpc) is 2.94. The monoisotopic (exact) mass is 389 g/mol. The van der Waals surface area contributed by atoms with Gasteiger partial charge in [0.05, 0.1) is 12.1 Å². The standard InChI is InChI=1S/C17H16BrN3OS/c1-23-15-5-2-12(3-6-15)9-19-17(22)8-14-11-21-10-13(18)4-7-16(21)20-14/h2-7,10-11H,8-9H2,1H3,(H,19,22). The van der Waals surface area contributed by atoms with Gasteiger partial charge < -0.3 is 9.72 Å². The Bertz CT molecular complexity index is 829. The Morgan fingerprint density at radius 1 is 1.22 bits per heavy atom. The highest BCUT2D eigenvalue weighted by molar-refractivity contribution is 9.10. The molecule has 0 aliphatic heterocycles. The fraction of sp³-hybridized carbons (Fsp3) is 0.176. The molecule has 0 saturated carbocycles. The molecule has 1 N–H and O–H groups in total. The van der Waals surface area contributed by atoms with Crippen LogP contribution in [0.3, 0.4) is 0 Å². The van der Waals surface area contributed by atoms with Gasteiger partial charge >= 0.3 is 0 Å². The average molecular weight is 390 g/mol. The predicted octanol–water partition coefficient (Wildman–Crippen LogP) is 3.68. The van der Waals surface area contributed by atoms with Crippen molar-refractivity contribution in [1.82, 2.24) is 14.7 Å². The lowest BCUT2D eigenvalue weighted by Crippen LogP contribution is -2.24. The molecule has 6 heteroatoms. The second kappa shape index (κ2) is 7.19. The van der Waals surface area contributed by atoms with Gasteiger partial charge in [0, 0.05) is 28.3 Å². The van der Waals surface area contributed by atoms with Crippen LogP contribution in [-0.4, -0.2) is 21.5 Å². The van der Waals surface area contributed by atoms with Crippen LogP contribution < -0.4 is 5.32 Å². The normalized spacial score (nSPS) is 10.9. The second-order valence-corrected chi connectivity index (χ2v) is 6.94. The van der Waals surface area contributed by atoms with Crippen molar-refractivity contribution < 1.29 is 4.79 Å². The molecule has 0 saturated heterocycles. The SMILES string of the molecule is CSc1ccc(CNC(=O)Cc2cn3cc(Br)ccc3n2)cc1.